The van der Waals surface area contributed by atoms with Gasteiger partial charge >= 0.3 is 0 Å². The number of nitrogens with zero attached hydrogens (tertiary/aromatic N) is 2. The van der Waals surface area contributed by atoms with Crippen molar-refractivity contribution in [3.63, 3.8) is 0 Å². The number of rotatable bonds is 7. The largest absolute Gasteiger partial charge is 0.481 e. The highest BCUT2D eigenvalue weighted by atomic mass is 79.9. The van der Waals surface area contributed by atoms with Crippen molar-refractivity contribution < 1.29 is 18.3 Å². The highest BCUT2D eigenvalue weighted by molar-refractivity contribution is 9.11. The Hall–Kier alpha value is -1.71. The molecule has 2 aromatic heterocycles. The van der Waals surface area contributed by atoms with Crippen molar-refractivity contribution >= 4 is 44.8 Å². The maximum atomic E-state index is 12.9. The van der Waals surface area contributed by atoms with Crippen LogP contribution in [0.25, 0.3) is 0 Å². The second-order valence-corrected chi connectivity index (χ2v) is 8.33. The standard InChI is InChI=1S/C16H12BrFN2O3S2/c1-9(22-11-4-2-10(18)3-5-11)15-19-20-16(23-15)24-8-12(21)13-6-7-14(17)25-13/h2-7,9H,8H2,1H3. The molecule has 0 amide bonds. The molecule has 0 fully saturated rings. The van der Waals surface area contributed by atoms with Crippen LogP contribution in [-0.4, -0.2) is 21.7 Å². The highest BCUT2D eigenvalue weighted by Crippen LogP contribution is 2.27. The van der Waals surface area contributed by atoms with Crippen LogP contribution in [-0.2, 0) is 0 Å². The van der Waals surface area contributed by atoms with Crippen molar-refractivity contribution in [1.82, 2.24) is 10.2 Å². The summed E-state index contributed by atoms with van der Waals surface area (Å²) in [5.74, 6) is 0.662. The van der Waals surface area contributed by atoms with Gasteiger partial charge in [-0.2, -0.15) is 0 Å². The summed E-state index contributed by atoms with van der Waals surface area (Å²) in [6, 6.07) is 9.28. The highest BCUT2D eigenvalue weighted by Gasteiger charge is 2.17. The zero-order valence-electron chi connectivity index (χ0n) is 12.9. The Morgan fingerprint density at radius 3 is 2.76 bits per heavy atom. The molecule has 0 bridgehead atoms. The lowest BCUT2D eigenvalue weighted by molar-refractivity contribution is 0.102. The van der Waals surface area contributed by atoms with Crippen molar-refractivity contribution in [1.29, 1.82) is 0 Å². The van der Waals surface area contributed by atoms with E-state index in [1.54, 1.807) is 13.0 Å². The molecule has 130 valence electrons. The third-order valence-corrected chi connectivity index (χ3v) is 5.55. The number of thioether (sulfide) groups is 1. The molecule has 5 nitrogen and oxygen atoms in total. The monoisotopic (exact) mass is 442 g/mol. The molecule has 0 spiro atoms. The van der Waals surface area contributed by atoms with Crippen molar-refractivity contribution in [3.05, 3.63) is 56.8 Å². The number of ether oxygens (including phenoxy) is 1. The molecule has 0 saturated heterocycles. The van der Waals surface area contributed by atoms with Gasteiger partial charge in [-0.25, -0.2) is 4.39 Å². The van der Waals surface area contributed by atoms with Gasteiger partial charge in [0.05, 0.1) is 14.4 Å². The summed E-state index contributed by atoms with van der Waals surface area (Å²) < 4.78 is 24.9. The lowest BCUT2D eigenvalue weighted by Gasteiger charge is -2.10. The Morgan fingerprint density at radius 2 is 2.08 bits per heavy atom. The molecular weight excluding hydrogens is 431 g/mol. The molecule has 9 heteroatoms. The average molecular weight is 443 g/mol. The second kappa shape index (κ2) is 8.11. The van der Waals surface area contributed by atoms with Gasteiger partial charge in [0, 0.05) is 0 Å². The van der Waals surface area contributed by atoms with Gasteiger partial charge in [0.15, 0.2) is 11.9 Å². The van der Waals surface area contributed by atoms with Gasteiger partial charge in [-0.05, 0) is 59.3 Å². The van der Waals surface area contributed by atoms with Crippen LogP contribution in [0.4, 0.5) is 4.39 Å². The Kier molecular flexibility index (Phi) is 5.87. The SMILES string of the molecule is CC(Oc1ccc(F)cc1)c1nnc(SCC(=O)c2ccc(Br)s2)o1. The van der Waals surface area contributed by atoms with Crippen LogP contribution in [0, 0.1) is 5.82 Å². The number of halogens is 2. The summed E-state index contributed by atoms with van der Waals surface area (Å²) in [4.78, 5) is 12.7. The number of ketones is 1. The van der Waals surface area contributed by atoms with Crippen LogP contribution in [0.5, 0.6) is 5.75 Å². The zero-order valence-corrected chi connectivity index (χ0v) is 16.2. The second-order valence-electron chi connectivity index (χ2n) is 4.94. The molecule has 3 rings (SSSR count). The normalized spacial score (nSPS) is 12.1. The lowest BCUT2D eigenvalue weighted by Crippen LogP contribution is -2.03. The molecule has 25 heavy (non-hydrogen) atoms. The Bertz CT molecular complexity index is 866. The predicted molar refractivity (Wildman–Crippen MR) is 96.8 cm³/mol. The molecule has 0 aliphatic rings. The summed E-state index contributed by atoms with van der Waals surface area (Å²) in [5.41, 5.74) is 0. The number of aromatic nitrogens is 2. The molecule has 1 atom stereocenters. The smallest absolute Gasteiger partial charge is 0.277 e. The van der Waals surface area contributed by atoms with Crippen LogP contribution in [0.3, 0.4) is 0 Å². The number of carbonyl (C=O) groups excluding carboxylic acids is 1. The fourth-order valence-electron chi connectivity index (χ4n) is 1.87. The van der Waals surface area contributed by atoms with Gasteiger partial charge in [-0.15, -0.1) is 21.5 Å². The average Bonchev–Trinajstić information content (AvgIpc) is 3.24. The van der Waals surface area contributed by atoms with E-state index in [-0.39, 0.29) is 23.2 Å². The first kappa shape index (κ1) is 18.1. The van der Waals surface area contributed by atoms with Gasteiger partial charge in [0.25, 0.3) is 11.1 Å². The minimum atomic E-state index is -0.490. The molecule has 1 aromatic carbocycles. The van der Waals surface area contributed by atoms with Gasteiger partial charge < -0.3 is 9.15 Å². The molecule has 3 aromatic rings. The van der Waals surface area contributed by atoms with Crippen LogP contribution in [0.1, 0.15) is 28.6 Å². The van der Waals surface area contributed by atoms with Crippen molar-refractivity contribution in [2.24, 2.45) is 0 Å². The Balaban J connectivity index is 1.56. The number of thiophene rings is 1. The van der Waals surface area contributed by atoms with E-state index in [1.165, 1.54) is 47.4 Å². The number of hydrogen-bond donors (Lipinski definition) is 0. The van der Waals surface area contributed by atoms with Crippen LogP contribution in [0.2, 0.25) is 0 Å². The van der Waals surface area contributed by atoms with E-state index in [1.807, 2.05) is 6.07 Å². The molecule has 1 unspecified atom stereocenters. The minimum Gasteiger partial charge on any atom is -0.481 e. The first-order valence-electron chi connectivity index (χ1n) is 7.18. The molecule has 0 saturated carbocycles. The number of hydrogen-bond acceptors (Lipinski definition) is 7. The van der Waals surface area contributed by atoms with Crippen LogP contribution < -0.4 is 4.74 Å². The topological polar surface area (TPSA) is 65.2 Å². The molecule has 0 N–H and O–H groups in total. The quantitative estimate of drug-likeness (QED) is 0.372. The van der Waals surface area contributed by atoms with E-state index in [0.717, 1.165) is 3.79 Å². The maximum absolute atomic E-state index is 12.9. The number of benzene rings is 1. The molecular formula is C16H12BrFN2O3S2. The van der Waals surface area contributed by atoms with E-state index < -0.39 is 6.10 Å². The van der Waals surface area contributed by atoms with Crippen molar-refractivity contribution in [3.8, 4) is 5.75 Å². The molecule has 2 heterocycles. The van der Waals surface area contributed by atoms with Gasteiger partial charge in [0.1, 0.15) is 11.6 Å². The van der Waals surface area contributed by atoms with Crippen LogP contribution >= 0.6 is 39.0 Å². The van der Waals surface area contributed by atoms with Crippen molar-refractivity contribution in [2.45, 2.75) is 18.3 Å². The molecule has 0 radical (unpaired) electrons. The Morgan fingerprint density at radius 1 is 1.32 bits per heavy atom. The number of Topliss-reactive ketones (excluding diaryl/α,β-unsaturated/α-hetero) is 1. The van der Waals surface area contributed by atoms with E-state index >= 15 is 0 Å². The predicted octanol–water partition coefficient (Wildman–Crippen LogP) is 5.15. The fourth-order valence-corrected chi connectivity index (χ4v) is 3.94. The zero-order chi connectivity index (χ0) is 17.8. The summed E-state index contributed by atoms with van der Waals surface area (Å²) in [5, 5.41) is 8.14. The molecule has 0 aliphatic heterocycles. The van der Waals surface area contributed by atoms with E-state index in [4.69, 9.17) is 9.15 Å². The summed E-state index contributed by atoms with van der Waals surface area (Å²) in [6.07, 6.45) is -0.490. The van der Waals surface area contributed by atoms with E-state index in [2.05, 4.69) is 26.1 Å². The van der Waals surface area contributed by atoms with E-state index in [9.17, 15) is 9.18 Å². The van der Waals surface area contributed by atoms with Crippen molar-refractivity contribution in [2.75, 3.05) is 5.75 Å². The van der Waals surface area contributed by atoms with Gasteiger partial charge in [-0.3, -0.25) is 4.79 Å². The lowest BCUT2D eigenvalue weighted by atomic mass is 10.3. The summed E-state index contributed by atoms with van der Waals surface area (Å²) >= 11 is 5.89. The first-order chi connectivity index (χ1) is 12.0. The third-order valence-electron chi connectivity index (χ3n) is 3.07. The summed E-state index contributed by atoms with van der Waals surface area (Å²) in [6.45, 7) is 1.75. The summed E-state index contributed by atoms with van der Waals surface area (Å²) in [7, 11) is 0. The maximum Gasteiger partial charge on any atom is 0.277 e. The molecule has 0 aliphatic carbocycles. The van der Waals surface area contributed by atoms with Gasteiger partial charge in [0.2, 0.25) is 0 Å². The Labute approximate surface area is 159 Å². The minimum absolute atomic E-state index is 0.00365. The van der Waals surface area contributed by atoms with Gasteiger partial charge in [-0.1, -0.05) is 11.8 Å². The fraction of sp³-hybridized carbons (Fsp3) is 0.188. The van der Waals surface area contributed by atoms with E-state index in [0.29, 0.717) is 15.8 Å². The first-order valence-corrected chi connectivity index (χ1v) is 9.78. The third kappa shape index (κ3) is 4.90. The van der Waals surface area contributed by atoms with Crippen LogP contribution in [0.15, 0.2) is 49.8 Å². The number of carbonyl (C=O) groups is 1.